The van der Waals surface area contributed by atoms with Gasteiger partial charge >= 0.3 is 5.97 Å². The summed E-state index contributed by atoms with van der Waals surface area (Å²) in [5.41, 5.74) is 2.53. The molecule has 0 bridgehead atoms. The van der Waals surface area contributed by atoms with Crippen LogP contribution in [-0.4, -0.2) is 32.8 Å². The van der Waals surface area contributed by atoms with Crippen molar-refractivity contribution in [3.63, 3.8) is 0 Å². The van der Waals surface area contributed by atoms with E-state index >= 15 is 0 Å². The molecule has 5 heteroatoms. The molecule has 2 saturated carbocycles. The van der Waals surface area contributed by atoms with Crippen LogP contribution in [0.15, 0.2) is 12.1 Å². The molecule has 1 aromatic rings. The molecule has 4 rings (SSSR count). The van der Waals surface area contributed by atoms with Gasteiger partial charge in [0.25, 0.3) is 0 Å². The highest BCUT2D eigenvalue weighted by atomic mass is 19.1. The van der Waals surface area contributed by atoms with E-state index in [0.29, 0.717) is 23.9 Å². The molecule has 1 N–H and O–H groups in total. The van der Waals surface area contributed by atoms with Gasteiger partial charge in [0.1, 0.15) is 5.82 Å². The lowest BCUT2D eigenvalue weighted by molar-refractivity contribution is -0.0347. The number of rotatable bonds is 6. The van der Waals surface area contributed by atoms with Crippen LogP contribution in [-0.2, 0) is 16.1 Å². The molecule has 0 aromatic heterocycles. The quantitative estimate of drug-likeness (QED) is 0.783. The fourth-order valence-electron chi connectivity index (χ4n) is 4.78. The summed E-state index contributed by atoms with van der Waals surface area (Å²) in [6.07, 6.45) is 7.29. The summed E-state index contributed by atoms with van der Waals surface area (Å²) in [6, 6.07) is 3.14. The molecule has 26 heavy (non-hydrogen) atoms. The van der Waals surface area contributed by atoms with Gasteiger partial charge in [0.05, 0.1) is 19.3 Å². The summed E-state index contributed by atoms with van der Waals surface area (Å²) in [7, 11) is 1.28. The maximum absolute atomic E-state index is 14.3. The topological polar surface area (TPSA) is 47.6 Å². The lowest BCUT2D eigenvalue weighted by Crippen LogP contribution is -2.46. The van der Waals surface area contributed by atoms with Crippen molar-refractivity contribution in [2.75, 3.05) is 26.8 Å². The van der Waals surface area contributed by atoms with Crippen LogP contribution in [0.4, 0.5) is 4.39 Å². The molecule has 1 aliphatic heterocycles. The lowest BCUT2D eigenvalue weighted by Gasteiger charge is -2.50. The van der Waals surface area contributed by atoms with Crippen molar-refractivity contribution in [2.24, 2.45) is 11.3 Å². The van der Waals surface area contributed by atoms with Crippen LogP contribution in [0.25, 0.3) is 0 Å². The highest BCUT2D eigenvalue weighted by Gasteiger charge is 2.44. The standard InChI is InChI=1S/C21H28FNO3/c1-25-20(24)18-9-17(15-2-3-15)16(8-19(18)22)13-26-12-14-10-21(11-14)4-6-23-7-5-21/h8-9,14-15,23H,2-7,10-13H2,1H3. The smallest absolute Gasteiger partial charge is 0.340 e. The predicted molar refractivity (Wildman–Crippen MR) is 96.6 cm³/mol. The number of methoxy groups -OCH3 is 1. The Kier molecular flexibility index (Phi) is 5.02. The van der Waals surface area contributed by atoms with Crippen molar-refractivity contribution in [2.45, 2.75) is 51.0 Å². The summed E-state index contributed by atoms with van der Waals surface area (Å²) in [6.45, 7) is 3.46. The lowest BCUT2D eigenvalue weighted by atomic mass is 9.58. The third-order valence-electron chi connectivity index (χ3n) is 6.37. The number of halogens is 1. The van der Waals surface area contributed by atoms with Crippen LogP contribution in [0.1, 0.15) is 65.9 Å². The second-order valence-electron chi connectivity index (χ2n) is 8.34. The molecule has 1 heterocycles. The summed E-state index contributed by atoms with van der Waals surface area (Å²) in [4.78, 5) is 11.7. The first-order chi connectivity index (χ1) is 12.6. The van der Waals surface area contributed by atoms with Crippen LogP contribution < -0.4 is 5.32 Å². The molecule has 0 atom stereocenters. The Labute approximate surface area is 154 Å². The van der Waals surface area contributed by atoms with Crippen molar-refractivity contribution in [3.05, 3.63) is 34.6 Å². The molecule has 0 radical (unpaired) electrons. The molecule has 0 amide bonds. The van der Waals surface area contributed by atoms with Gasteiger partial charge in [-0.3, -0.25) is 0 Å². The van der Waals surface area contributed by atoms with E-state index in [1.165, 1.54) is 38.9 Å². The first kappa shape index (κ1) is 17.9. The maximum Gasteiger partial charge on any atom is 0.340 e. The van der Waals surface area contributed by atoms with E-state index in [2.05, 4.69) is 10.1 Å². The van der Waals surface area contributed by atoms with Crippen molar-refractivity contribution in [3.8, 4) is 0 Å². The van der Waals surface area contributed by atoms with Gasteiger partial charge in [-0.25, -0.2) is 9.18 Å². The zero-order chi connectivity index (χ0) is 18.1. The van der Waals surface area contributed by atoms with E-state index in [1.54, 1.807) is 6.07 Å². The minimum absolute atomic E-state index is 0.0324. The number of carbonyl (C=O) groups is 1. The molecule has 1 saturated heterocycles. The van der Waals surface area contributed by atoms with Gasteiger partial charge in [-0.05, 0) is 92.1 Å². The van der Waals surface area contributed by atoms with Gasteiger partial charge in [-0.15, -0.1) is 0 Å². The van der Waals surface area contributed by atoms with Crippen LogP contribution in [0, 0.1) is 17.2 Å². The molecule has 1 aromatic carbocycles. The normalized spacial score (nSPS) is 22.2. The Bertz CT molecular complexity index is 672. The summed E-state index contributed by atoms with van der Waals surface area (Å²) >= 11 is 0. The second-order valence-corrected chi connectivity index (χ2v) is 8.34. The first-order valence-electron chi connectivity index (χ1n) is 9.79. The van der Waals surface area contributed by atoms with Crippen LogP contribution in [0.2, 0.25) is 0 Å². The Hall–Kier alpha value is -1.46. The number of hydrogen-bond donors (Lipinski definition) is 1. The maximum atomic E-state index is 14.3. The van der Waals surface area contributed by atoms with Gasteiger partial charge in [0.2, 0.25) is 0 Å². The Balaban J connectivity index is 1.34. The van der Waals surface area contributed by atoms with Crippen LogP contribution >= 0.6 is 0 Å². The van der Waals surface area contributed by atoms with Gasteiger partial charge in [-0.2, -0.15) is 0 Å². The minimum Gasteiger partial charge on any atom is -0.465 e. The largest absolute Gasteiger partial charge is 0.465 e. The van der Waals surface area contributed by atoms with Gasteiger partial charge in [-0.1, -0.05) is 0 Å². The average molecular weight is 361 g/mol. The fraction of sp³-hybridized carbons (Fsp3) is 0.667. The van der Waals surface area contributed by atoms with Gasteiger partial charge in [0.15, 0.2) is 0 Å². The second kappa shape index (κ2) is 7.28. The molecule has 0 unspecified atom stereocenters. The van der Waals surface area contributed by atoms with Crippen LogP contribution in [0.3, 0.4) is 0 Å². The molecule has 2 aliphatic carbocycles. The average Bonchev–Trinajstić information content (AvgIpc) is 3.45. The van der Waals surface area contributed by atoms with Crippen molar-refractivity contribution in [1.82, 2.24) is 5.32 Å². The number of ether oxygens (including phenoxy) is 2. The van der Waals surface area contributed by atoms with E-state index in [4.69, 9.17) is 4.74 Å². The Morgan fingerprint density at radius 2 is 2.00 bits per heavy atom. The number of piperidine rings is 1. The van der Waals surface area contributed by atoms with Gasteiger partial charge < -0.3 is 14.8 Å². The number of benzene rings is 1. The number of hydrogen-bond acceptors (Lipinski definition) is 4. The van der Waals surface area contributed by atoms with E-state index in [9.17, 15) is 9.18 Å². The third kappa shape index (κ3) is 3.65. The van der Waals surface area contributed by atoms with E-state index < -0.39 is 11.8 Å². The number of nitrogens with one attached hydrogen (secondary N) is 1. The number of carbonyl (C=O) groups excluding carboxylic acids is 1. The van der Waals surface area contributed by atoms with E-state index in [0.717, 1.165) is 43.7 Å². The molecular formula is C21H28FNO3. The predicted octanol–water partition coefficient (Wildman–Crippen LogP) is 3.79. The molecule has 4 nitrogen and oxygen atoms in total. The van der Waals surface area contributed by atoms with Crippen molar-refractivity contribution >= 4 is 5.97 Å². The monoisotopic (exact) mass is 361 g/mol. The Morgan fingerprint density at radius 1 is 1.27 bits per heavy atom. The molecule has 1 spiro atoms. The highest BCUT2D eigenvalue weighted by Crippen LogP contribution is 2.51. The van der Waals surface area contributed by atoms with Gasteiger partial charge in [0, 0.05) is 6.61 Å². The summed E-state index contributed by atoms with van der Waals surface area (Å²) in [5, 5.41) is 3.43. The fourth-order valence-corrected chi connectivity index (χ4v) is 4.78. The molecule has 3 fully saturated rings. The van der Waals surface area contributed by atoms with Crippen molar-refractivity contribution < 1.29 is 18.7 Å². The molecular weight excluding hydrogens is 333 g/mol. The molecule has 142 valence electrons. The highest BCUT2D eigenvalue weighted by molar-refractivity contribution is 5.90. The molecule has 3 aliphatic rings. The summed E-state index contributed by atoms with van der Waals surface area (Å²) < 4.78 is 24.9. The first-order valence-corrected chi connectivity index (χ1v) is 9.79. The minimum atomic E-state index is -0.612. The Morgan fingerprint density at radius 3 is 2.65 bits per heavy atom. The van der Waals surface area contributed by atoms with E-state index in [-0.39, 0.29) is 5.56 Å². The van der Waals surface area contributed by atoms with Crippen molar-refractivity contribution in [1.29, 1.82) is 0 Å². The SMILES string of the molecule is COC(=O)c1cc(C2CC2)c(COCC2CC3(CCNCC3)C2)cc1F. The third-order valence-corrected chi connectivity index (χ3v) is 6.37. The number of esters is 1. The summed E-state index contributed by atoms with van der Waals surface area (Å²) in [5.74, 6) is -0.0632. The zero-order valence-corrected chi connectivity index (χ0v) is 15.5. The zero-order valence-electron chi connectivity index (χ0n) is 15.5. The van der Waals surface area contributed by atoms with E-state index in [1.807, 2.05) is 0 Å². The van der Waals surface area contributed by atoms with Crippen LogP contribution in [0.5, 0.6) is 0 Å².